The molecule has 4 heterocycles. The van der Waals surface area contributed by atoms with Crippen molar-refractivity contribution in [2.75, 3.05) is 52.5 Å². The summed E-state index contributed by atoms with van der Waals surface area (Å²) < 4.78 is 13.3. The summed E-state index contributed by atoms with van der Waals surface area (Å²) in [6.07, 6.45) is 8.08. The smallest absolute Gasteiger partial charge is 0.253 e. The number of hydrogen-bond acceptors (Lipinski definition) is 5. The van der Waals surface area contributed by atoms with Gasteiger partial charge in [-0.25, -0.2) is 4.52 Å². The van der Waals surface area contributed by atoms with Crippen LogP contribution < -0.4 is 4.74 Å². The Balaban J connectivity index is 1.15. The topological polar surface area (TPSA) is 59.3 Å². The van der Waals surface area contributed by atoms with Gasteiger partial charge in [0.15, 0.2) is 0 Å². The number of amides is 1. The van der Waals surface area contributed by atoms with Gasteiger partial charge in [-0.3, -0.25) is 9.69 Å². The number of morpholine rings is 1. The van der Waals surface area contributed by atoms with E-state index in [1.165, 1.54) is 11.1 Å². The minimum Gasteiger partial charge on any atom is -0.492 e. The number of fused-ring (bicyclic) bond motifs is 1. The summed E-state index contributed by atoms with van der Waals surface area (Å²) in [5.41, 5.74) is 3.24. The molecule has 5 rings (SSSR count). The molecule has 1 atom stereocenters. The molecule has 1 amide bonds. The third-order valence-corrected chi connectivity index (χ3v) is 7.03. The molecule has 1 aromatic carbocycles. The minimum atomic E-state index is 0.108. The Kier molecular flexibility index (Phi) is 7.41. The molecule has 0 bridgehead atoms. The molecular weight excluding hydrogens is 428 g/mol. The molecule has 0 radical (unpaired) electrons. The van der Waals surface area contributed by atoms with E-state index >= 15 is 0 Å². The number of rotatable bonds is 7. The van der Waals surface area contributed by atoms with Gasteiger partial charge in [0.2, 0.25) is 0 Å². The first-order valence-electron chi connectivity index (χ1n) is 12.5. The molecule has 0 unspecified atom stereocenters. The normalized spacial score (nSPS) is 19.8. The first-order chi connectivity index (χ1) is 16.8. The van der Waals surface area contributed by atoms with E-state index in [1.807, 2.05) is 46.1 Å². The predicted octanol–water partition coefficient (Wildman–Crippen LogP) is 3.53. The van der Waals surface area contributed by atoms with Crippen LogP contribution in [0.4, 0.5) is 0 Å². The lowest BCUT2D eigenvalue weighted by molar-refractivity contribution is 0.0322. The fourth-order valence-electron chi connectivity index (χ4n) is 5.09. The summed E-state index contributed by atoms with van der Waals surface area (Å²) in [7, 11) is 0. The molecule has 0 aliphatic carbocycles. The number of ether oxygens (including phenoxy) is 2. The van der Waals surface area contributed by atoms with Crippen molar-refractivity contribution in [1.82, 2.24) is 19.4 Å². The van der Waals surface area contributed by atoms with Crippen LogP contribution >= 0.6 is 0 Å². The van der Waals surface area contributed by atoms with E-state index in [1.54, 1.807) is 0 Å². The molecule has 0 saturated carbocycles. The number of benzene rings is 1. The molecule has 2 aromatic heterocycles. The molecule has 2 aliphatic heterocycles. The lowest BCUT2D eigenvalue weighted by Crippen LogP contribution is -2.38. The van der Waals surface area contributed by atoms with Crippen LogP contribution in [0, 0.1) is 5.92 Å². The van der Waals surface area contributed by atoms with Crippen LogP contribution in [0.15, 0.2) is 54.9 Å². The van der Waals surface area contributed by atoms with E-state index in [2.05, 4.69) is 28.2 Å². The number of pyridine rings is 1. The standard InChI is InChI=1S/C27H34N4O3/c32-27(24-5-1-7-25(21-24)34-19-16-29-14-17-33-18-15-29)30-11-2-4-22(9-13-30)20-23-6-3-12-31-26(23)8-10-28-31/h1,3,5-8,10,12,21-22H,2,4,9,11,13-20H2/t22-/m1/s1. The van der Waals surface area contributed by atoms with Crippen LogP contribution in [0.25, 0.3) is 5.52 Å². The Labute approximate surface area is 201 Å². The van der Waals surface area contributed by atoms with Gasteiger partial charge >= 0.3 is 0 Å². The van der Waals surface area contributed by atoms with E-state index < -0.39 is 0 Å². The van der Waals surface area contributed by atoms with E-state index in [9.17, 15) is 4.79 Å². The Morgan fingerprint density at radius 3 is 2.88 bits per heavy atom. The van der Waals surface area contributed by atoms with Gasteiger partial charge in [0.1, 0.15) is 12.4 Å². The number of carbonyl (C=O) groups is 1. The zero-order chi connectivity index (χ0) is 23.2. The third kappa shape index (κ3) is 5.59. The van der Waals surface area contributed by atoms with Crippen LogP contribution in [0.5, 0.6) is 5.75 Å². The van der Waals surface area contributed by atoms with Gasteiger partial charge in [-0.1, -0.05) is 12.1 Å². The Bertz CT molecular complexity index is 1090. The maximum absolute atomic E-state index is 13.3. The van der Waals surface area contributed by atoms with Crippen LogP contribution in [-0.4, -0.2) is 77.9 Å². The molecule has 180 valence electrons. The lowest BCUT2D eigenvalue weighted by atomic mass is 9.92. The van der Waals surface area contributed by atoms with Crippen LogP contribution in [0.3, 0.4) is 0 Å². The highest BCUT2D eigenvalue weighted by atomic mass is 16.5. The van der Waals surface area contributed by atoms with Crippen molar-refractivity contribution in [3.05, 3.63) is 66.0 Å². The number of carbonyl (C=O) groups excluding carboxylic acids is 1. The highest BCUT2D eigenvalue weighted by Gasteiger charge is 2.23. The van der Waals surface area contributed by atoms with Crippen LogP contribution in [0.1, 0.15) is 35.2 Å². The van der Waals surface area contributed by atoms with Gasteiger partial charge in [-0.05, 0) is 67.5 Å². The molecule has 2 aliphatic rings. The molecule has 2 saturated heterocycles. The van der Waals surface area contributed by atoms with Crippen LogP contribution in [0.2, 0.25) is 0 Å². The van der Waals surface area contributed by atoms with Crippen molar-refractivity contribution in [1.29, 1.82) is 0 Å². The minimum absolute atomic E-state index is 0.108. The zero-order valence-electron chi connectivity index (χ0n) is 19.8. The second-order valence-electron chi connectivity index (χ2n) is 9.32. The molecule has 0 N–H and O–H groups in total. The molecule has 34 heavy (non-hydrogen) atoms. The van der Waals surface area contributed by atoms with E-state index in [-0.39, 0.29) is 5.91 Å². The fourth-order valence-corrected chi connectivity index (χ4v) is 5.09. The Morgan fingerprint density at radius 1 is 1.06 bits per heavy atom. The third-order valence-electron chi connectivity index (χ3n) is 7.03. The Hall–Kier alpha value is -2.90. The van der Waals surface area contributed by atoms with Crippen molar-refractivity contribution in [3.63, 3.8) is 0 Å². The average molecular weight is 463 g/mol. The molecule has 2 fully saturated rings. The first kappa shape index (κ1) is 22.9. The van der Waals surface area contributed by atoms with Gasteiger partial charge < -0.3 is 14.4 Å². The maximum Gasteiger partial charge on any atom is 0.253 e. The van der Waals surface area contributed by atoms with Gasteiger partial charge in [-0.2, -0.15) is 5.10 Å². The lowest BCUT2D eigenvalue weighted by Gasteiger charge is -2.26. The fraction of sp³-hybridized carbons (Fsp3) is 0.481. The van der Waals surface area contributed by atoms with E-state index in [0.717, 1.165) is 77.4 Å². The van der Waals surface area contributed by atoms with Crippen LogP contribution in [-0.2, 0) is 11.2 Å². The zero-order valence-corrected chi connectivity index (χ0v) is 19.8. The van der Waals surface area contributed by atoms with Crippen molar-refractivity contribution >= 4 is 11.4 Å². The number of hydrogen-bond donors (Lipinski definition) is 0. The number of aromatic nitrogens is 2. The van der Waals surface area contributed by atoms with Gasteiger partial charge in [0.25, 0.3) is 5.91 Å². The van der Waals surface area contributed by atoms with Crippen molar-refractivity contribution in [2.45, 2.75) is 25.7 Å². The van der Waals surface area contributed by atoms with E-state index in [0.29, 0.717) is 18.1 Å². The van der Waals surface area contributed by atoms with Crippen molar-refractivity contribution < 1.29 is 14.3 Å². The summed E-state index contributed by atoms with van der Waals surface area (Å²) in [5, 5.41) is 4.36. The summed E-state index contributed by atoms with van der Waals surface area (Å²) in [6, 6.07) is 14.0. The summed E-state index contributed by atoms with van der Waals surface area (Å²) in [6.45, 7) is 6.60. The highest BCUT2D eigenvalue weighted by molar-refractivity contribution is 5.94. The quantitative estimate of drug-likeness (QED) is 0.538. The highest BCUT2D eigenvalue weighted by Crippen LogP contribution is 2.25. The molecule has 3 aromatic rings. The monoisotopic (exact) mass is 462 g/mol. The average Bonchev–Trinajstić information content (AvgIpc) is 3.25. The first-order valence-corrected chi connectivity index (χ1v) is 12.5. The summed E-state index contributed by atoms with van der Waals surface area (Å²) in [4.78, 5) is 17.6. The van der Waals surface area contributed by atoms with Gasteiger partial charge in [0, 0.05) is 50.7 Å². The van der Waals surface area contributed by atoms with Gasteiger partial charge in [-0.15, -0.1) is 0 Å². The second kappa shape index (κ2) is 11.0. The molecular formula is C27H34N4O3. The SMILES string of the molecule is O=C(c1cccc(OCCN2CCOCC2)c1)N1CCC[C@@H](Cc2cccn3nccc23)CC1. The Morgan fingerprint density at radius 2 is 1.97 bits per heavy atom. The van der Waals surface area contributed by atoms with E-state index in [4.69, 9.17) is 9.47 Å². The predicted molar refractivity (Wildman–Crippen MR) is 131 cm³/mol. The molecule has 7 heteroatoms. The summed E-state index contributed by atoms with van der Waals surface area (Å²) >= 11 is 0. The van der Waals surface area contributed by atoms with Gasteiger partial charge in [0.05, 0.1) is 18.7 Å². The maximum atomic E-state index is 13.3. The van der Waals surface area contributed by atoms with Crippen molar-refractivity contribution in [2.24, 2.45) is 5.92 Å². The largest absolute Gasteiger partial charge is 0.492 e. The molecule has 7 nitrogen and oxygen atoms in total. The summed E-state index contributed by atoms with van der Waals surface area (Å²) in [5.74, 6) is 1.45. The number of likely N-dealkylation sites (tertiary alicyclic amines) is 1. The molecule has 0 spiro atoms. The second-order valence-corrected chi connectivity index (χ2v) is 9.32. The number of nitrogens with zero attached hydrogens (tertiary/aromatic N) is 4. The van der Waals surface area contributed by atoms with Crippen molar-refractivity contribution in [3.8, 4) is 5.75 Å².